The molecule has 0 radical (unpaired) electrons. The van der Waals surface area contributed by atoms with Gasteiger partial charge in [-0.3, -0.25) is 9.59 Å². The van der Waals surface area contributed by atoms with Gasteiger partial charge in [0.1, 0.15) is 0 Å². The number of Topliss-reactive ketones (excluding diaryl/α,β-unsaturated/α-hetero) is 2. The number of halogens is 1. The lowest BCUT2D eigenvalue weighted by molar-refractivity contribution is -0.124. The molecule has 0 saturated heterocycles. The second-order valence-electron chi connectivity index (χ2n) is 6.13. The Labute approximate surface area is 153 Å². The Morgan fingerprint density at radius 3 is 2.16 bits per heavy atom. The van der Waals surface area contributed by atoms with Crippen LogP contribution in [0.1, 0.15) is 45.0 Å². The van der Waals surface area contributed by atoms with E-state index in [4.69, 9.17) is 16.3 Å². The van der Waals surface area contributed by atoms with Crippen molar-refractivity contribution < 1.29 is 19.1 Å². The first-order chi connectivity index (χ1) is 11.7. The van der Waals surface area contributed by atoms with Crippen LogP contribution in [0, 0.1) is 11.8 Å². The van der Waals surface area contributed by atoms with E-state index in [1.54, 1.807) is 52.8 Å². The minimum absolute atomic E-state index is 0.0857. The van der Waals surface area contributed by atoms with Crippen LogP contribution in [-0.4, -0.2) is 24.1 Å². The second-order valence-corrected chi connectivity index (χ2v) is 6.51. The predicted octanol–water partition coefficient (Wildman–Crippen LogP) is 4.26. The number of allylic oxidation sites excluding steroid dienone is 1. The summed E-state index contributed by atoms with van der Waals surface area (Å²) >= 11 is 6.24. The number of benzene rings is 1. The fraction of sp³-hybridized carbons (Fsp3) is 0.421. The standard InChI is InChI=1S/C19H24ClNO4/c1-6-25-19(24)13-8-7-9-15(16(13)20)21-10-14(17(22)11(2)3)18(23)12(4)5/h7-12,21H,6H2,1-5H3. The van der Waals surface area contributed by atoms with Gasteiger partial charge in [0.25, 0.3) is 0 Å². The summed E-state index contributed by atoms with van der Waals surface area (Å²) in [4.78, 5) is 36.5. The maximum Gasteiger partial charge on any atom is 0.339 e. The number of rotatable bonds is 8. The molecule has 0 amide bonds. The van der Waals surface area contributed by atoms with Gasteiger partial charge in [-0.15, -0.1) is 0 Å². The molecule has 5 nitrogen and oxygen atoms in total. The van der Waals surface area contributed by atoms with Gasteiger partial charge < -0.3 is 10.1 Å². The van der Waals surface area contributed by atoms with Crippen molar-refractivity contribution in [3.8, 4) is 0 Å². The SMILES string of the molecule is CCOC(=O)c1cccc(NC=C(C(=O)C(C)C)C(=O)C(C)C)c1Cl. The molecule has 0 heterocycles. The summed E-state index contributed by atoms with van der Waals surface area (Å²) in [6, 6.07) is 4.84. The summed E-state index contributed by atoms with van der Waals surface area (Å²) in [5.41, 5.74) is 0.717. The number of carbonyl (C=O) groups is 3. The number of esters is 1. The van der Waals surface area contributed by atoms with E-state index in [9.17, 15) is 14.4 Å². The van der Waals surface area contributed by atoms with Crippen LogP contribution in [0.4, 0.5) is 5.69 Å². The van der Waals surface area contributed by atoms with Crippen molar-refractivity contribution in [2.24, 2.45) is 11.8 Å². The number of anilines is 1. The predicted molar refractivity (Wildman–Crippen MR) is 98.8 cm³/mol. The molecule has 0 aliphatic carbocycles. The molecule has 0 aliphatic heterocycles. The molecule has 1 aromatic rings. The van der Waals surface area contributed by atoms with Crippen molar-refractivity contribution in [2.45, 2.75) is 34.6 Å². The van der Waals surface area contributed by atoms with Crippen molar-refractivity contribution >= 4 is 34.8 Å². The molecule has 0 saturated carbocycles. The lowest BCUT2D eigenvalue weighted by Gasteiger charge is -2.13. The maximum atomic E-state index is 12.3. The minimum atomic E-state index is -0.531. The maximum absolute atomic E-state index is 12.3. The third-order valence-electron chi connectivity index (χ3n) is 3.45. The van der Waals surface area contributed by atoms with Gasteiger partial charge in [0.15, 0.2) is 11.6 Å². The average Bonchev–Trinajstić information content (AvgIpc) is 2.55. The molecule has 1 N–H and O–H groups in total. The molecule has 136 valence electrons. The molecule has 0 atom stereocenters. The van der Waals surface area contributed by atoms with E-state index in [1.165, 1.54) is 6.20 Å². The summed E-state index contributed by atoms with van der Waals surface area (Å²) in [5.74, 6) is -1.64. The molecule has 0 bridgehead atoms. The molecule has 0 unspecified atom stereocenters. The molecule has 0 aromatic heterocycles. The number of nitrogens with one attached hydrogen (secondary N) is 1. The van der Waals surface area contributed by atoms with Crippen LogP contribution in [0.25, 0.3) is 0 Å². The van der Waals surface area contributed by atoms with E-state index >= 15 is 0 Å². The zero-order valence-electron chi connectivity index (χ0n) is 15.2. The monoisotopic (exact) mass is 365 g/mol. The fourth-order valence-electron chi connectivity index (χ4n) is 2.05. The third-order valence-corrected chi connectivity index (χ3v) is 3.85. The first-order valence-electron chi connectivity index (χ1n) is 8.21. The van der Waals surface area contributed by atoms with E-state index in [2.05, 4.69) is 5.32 Å². The Bertz CT molecular complexity index is 671. The van der Waals surface area contributed by atoms with Gasteiger partial charge in [0.2, 0.25) is 0 Å². The van der Waals surface area contributed by atoms with E-state index in [1.807, 2.05) is 0 Å². The fourth-order valence-corrected chi connectivity index (χ4v) is 2.30. The summed E-state index contributed by atoms with van der Waals surface area (Å²) < 4.78 is 4.95. The Balaban J connectivity index is 3.19. The first kappa shape index (κ1) is 20.9. The van der Waals surface area contributed by atoms with E-state index in [0.29, 0.717) is 5.69 Å². The highest BCUT2D eigenvalue weighted by Crippen LogP contribution is 2.27. The van der Waals surface area contributed by atoms with Gasteiger partial charge in [-0.25, -0.2) is 4.79 Å². The molecular weight excluding hydrogens is 342 g/mol. The summed E-state index contributed by atoms with van der Waals surface area (Å²) in [6.45, 7) is 8.88. The van der Waals surface area contributed by atoms with Crippen LogP contribution in [0.3, 0.4) is 0 Å². The topological polar surface area (TPSA) is 72.5 Å². The van der Waals surface area contributed by atoms with Crippen LogP contribution < -0.4 is 5.32 Å². The van der Waals surface area contributed by atoms with Crippen LogP contribution in [0.15, 0.2) is 30.0 Å². The zero-order chi connectivity index (χ0) is 19.1. The Morgan fingerprint density at radius 1 is 1.12 bits per heavy atom. The Morgan fingerprint density at radius 2 is 1.68 bits per heavy atom. The lowest BCUT2D eigenvalue weighted by Crippen LogP contribution is -2.22. The smallest absolute Gasteiger partial charge is 0.339 e. The van der Waals surface area contributed by atoms with Crippen molar-refractivity contribution in [2.75, 3.05) is 11.9 Å². The van der Waals surface area contributed by atoms with Crippen molar-refractivity contribution in [3.05, 3.63) is 40.6 Å². The van der Waals surface area contributed by atoms with Crippen LogP contribution in [-0.2, 0) is 14.3 Å². The Hall–Kier alpha value is -2.14. The third kappa shape index (κ3) is 5.43. The lowest BCUT2D eigenvalue weighted by atomic mass is 9.93. The minimum Gasteiger partial charge on any atom is -0.462 e. The van der Waals surface area contributed by atoms with Gasteiger partial charge in [-0.05, 0) is 19.1 Å². The van der Waals surface area contributed by atoms with Gasteiger partial charge in [0, 0.05) is 18.0 Å². The molecule has 0 spiro atoms. The van der Waals surface area contributed by atoms with E-state index < -0.39 is 5.97 Å². The average molecular weight is 366 g/mol. The number of carbonyl (C=O) groups excluding carboxylic acids is 3. The van der Waals surface area contributed by atoms with Gasteiger partial charge in [-0.2, -0.15) is 0 Å². The number of hydrogen-bond acceptors (Lipinski definition) is 5. The molecule has 0 fully saturated rings. The number of hydrogen-bond donors (Lipinski definition) is 1. The first-order valence-corrected chi connectivity index (χ1v) is 8.59. The summed E-state index contributed by atoms with van der Waals surface area (Å²) in [7, 11) is 0. The number of ketones is 2. The van der Waals surface area contributed by atoms with Gasteiger partial charge in [0.05, 0.1) is 28.5 Å². The summed E-state index contributed by atoms with van der Waals surface area (Å²) in [6.07, 6.45) is 1.36. The van der Waals surface area contributed by atoms with Crippen molar-refractivity contribution in [3.63, 3.8) is 0 Å². The normalized spacial score (nSPS) is 10.6. The molecule has 1 aromatic carbocycles. The van der Waals surface area contributed by atoms with Crippen molar-refractivity contribution in [1.29, 1.82) is 0 Å². The largest absolute Gasteiger partial charge is 0.462 e. The Kier molecular flexibility index (Phi) is 7.84. The molecule has 6 heteroatoms. The number of ether oxygens (including phenoxy) is 1. The van der Waals surface area contributed by atoms with Gasteiger partial charge >= 0.3 is 5.97 Å². The second kappa shape index (κ2) is 9.37. The van der Waals surface area contributed by atoms with Crippen LogP contribution in [0.5, 0.6) is 0 Å². The highest BCUT2D eigenvalue weighted by atomic mass is 35.5. The van der Waals surface area contributed by atoms with Crippen LogP contribution >= 0.6 is 11.6 Å². The van der Waals surface area contributed by atoms with Gasteiger partial charge in [-0.1, -0.05) is 45.4 Å². The van der Waals surface area contributed by atoms with Crippen LogP contribution in [0.2, 0.25) is 5.02 Å². The molecule has 0 aliphatic rings. The van der Waals surface area contributed by atoms with E-state index in [-0.39, 0.29) is 46.2 Å². The quantitative estimate of drug-likeness (QED) is 0.322. The highest BCUT2D eigenvalue weighted by Gasteiger charge is 2.23. The molecular formula is C19H24ClNO4. The summed E-state index contributed by atoms with van der Waals surface area (Å²) in [5, 5.41) is 3.05. The van der Waals surface area contributed by atoms with E-state index in [0.717, 1.165) is 0 Å². The zero-order valence-corrected chi connectivity index (χ0v) is 15.9. The highest BCUT2D eigenvalue weighted by molar-refractivity contribution is 6.36. The molecule has 1 rings (SSSR count). The molecule has 25 heavy (non-hydrogen) atoms. The van der Waals surface area contributed by atoms with Crippen molar-refractivity contribution in [1.82, 2.24) is 0 Å².